The van der Waals surface area contributed by atoms with Crippen LogP contribution in [0.4, 0.5) is 15.8 Å². The number of carbonyl (C=O) groups excluding carboxylic acids is 2. The highest BCUT2D eigenvalue weighted by Crippen LogP contribution is 2.32. The van der Waals surface area contributed by atoms with Gasteiger partial charge in [-0.15, -0.1) is 10.2 Å². The van der Waals surface area contributed by atoms with Crippen molar-refractivity contribution in [3.8, 4) is 0 Å². The van der Waals surface area contributed by atoms with E-state index in [1.54, 1.807) is 6.33 Å². The van der Waals surface area contributed by atoms with Crippen LogP contribution in [0.5, 0.6) is 0 Å². The molecule has 0 bridgehead atoms. The Morgan fingerprint density at radius 1 is 1.24 bits per heavy atom. The quantitative estimate of drug-likeness (QED) is 0.776. The van der Waals surface area contributed by atoms with E-state index in [4.69, 9.17) is 0 Å². The lowest BCUT2D eigenvalue weighted by atomic mass is 10.1. The van der Waals surface area contributed by atoms with E-state index in [-0.39, 0.29) is 5.56 Å². The van der Waals surface area contributed by atoms with Crippen LogP contribution in [0.3, 0.4) is 0 Å². The van der Waals surface area contributed by atoms with Crippen molar-refractivity contribution < 1.29 is 14.0 Å². The fraction of sp³-hybridized carbons (Fsp3) is 0.231. The van der Waals surface area contributed by atoms with Crippen LogP contribution in [0.2, 0.25) is 0 Å². The Hall–Kier alpha value is -2.77. The summed E-state index contributed by atoms with van der Waals surface area (Å²) in [7, 11) is 0. The van der Waals surface area contributed by atoms with Gasteiger partial charge >= 0.3 is 0 Å². The second-order valence-corrected chi connectivity index (χ2v) is 4.99. The fourth-order valence-electron chi connectivity index (χ4n) is 2.67. The standard InChI is InChI=1S/C13H10FN5O2/c14-8-3-7-9(16-13(21)12(7)20)4-10(8)18-1-2-19-6-15-17-11(19)5-18/h3-4,6H,1-2,5H2,(H,16,20,21). The van der Waals surface area contributed by atoms with E-state index < -0.39 is 17.5 Å². The first-order valence-electron chi connectivity index (χ1n) is 6.44. The van der Waals surface area contributed by atoms with Crippen LogP contribution in [0, 0.1) is 5.82 Å². The molecule has 0 spiro atoms. The SMILES string of the molecule is O=C1Nc2cc(N3CCn4cnnc4C3)c(F)cc2C1=O. The van der Waals surface area contributed by atoms with Crippen molar-refractivity contribution in [1.29, 1.82) is 0 Å². The van der Waals surface area contributed by atoms with E-state index in [9.17, 15) is 14.0 Å². The Bertz CT molecular complexity index is 785. The first-order valence-corrected chi connectivity index (χ1v) is 6.44. The highest BCUT2D eigenvalue weighted by molar-refractivity contribution is 6.51. The molecule has 1 aromatic heterocycles. The van der Waals surface area contributed by atoms with E-state index in [1.807, 2.05) is 9.47 Å². The maximum Gasteiger partial charge on any atom is 0.296 e. The van der Waals surface area contributed by atoms with Crippen LogP contribution in [0.1, 0.15) is 16.2 Å². The van der Waals surface area contributed by atoms with Gasteiger partial charge in [0.05, 0.1) is 23.5 Å². The molecule has 1 aromatic carbocycles. The molecule has 2 aromatic rings. The molecule has 0 atom stereocenters. The lowest BCUT2D eigenvalue weighted by Gasteiger charge is -2.29. The van der Waals surface area contributed by atoms with E-state index in [1.165, 1.54) is 6.07 Å². The van der Waals surface area contributed by atoms with Gasteiger partial charge in [0.2, 0.25) is 0 Å². The summed E-state index contributed by atoms with van der Waals surface area (Å²) in [5.41, 5.74) is 0.785. The van der Waals surface area contributed by atoms with Gasteiger partial charge in [0.25, 0.3) is 11.7 Å². The van der Waals surface area contributed by atoms with E-state index in [0.717, 1.165) is 11.9 Å². The number of rotatable bonds is 1. The lowest BCUT2D eigenvalue weighted by molar-refractivity contribution is -0.112. The van der Waals surface area contributed by atoms with Crippen molar-refractivity contribution in [1.82, 2.24) is 14.8 Å². The molecular weight excluding hydrogens is 277 g/mol. The van der Waals surface area contributed by atoms with Gasteiger partial charge in [-0.05, 0) is 12.1 Å². The number of nitrogens with one attached hydrogen (secondary N) is 1. The summed E-state index contributed by atoms with van der Waals surface area (Å²) in [6.45, 7) is 1.68. The van der Waals surface area contributed by atoms with Crippen LogP contribution >= 0.6 is 0 Å². The molecule has 1 amide bonds. The van der Waals surface area contributed by atoms with E-state index >= 15 is 0 Å². The number of fused-ring (bicyclic) bond motifs is 2. The van der Waals surface area contributed by atoms with Gasteiger partial charge < -0.3 is 14.8 Å². The predicted octanol–water partition coefficient (Wildman–Crippen LogP) is 0.572. The molecule has 0 fully saturated rings. The zero-order valence-corrected chi connectivity index (χ0v) is 10.8. The number of hydrogen-bond acceptors (Lipinski definition) is 5. The number of hydrogen-bond donors (Lipinski definition) is 1. The largest absolute Gasteiger partial charge is 0.360 e. The highest BCUT2D eigenvalue weighted by atomic mass is 19.1. The molecule has 21 heavy (non-hydrogen) atoms. The third-order valence-corrected chi connectivity index (χ3v) is 3.77. The average molecular weight is 287 g/mol. The molecule has 4 rings (SSSR count). The van der Waals surface area contributed by atoms with Crippen LogP contribution in [0.25, 0.3) is 0 Å². The molecule has 2 aliphatic rings. The van der Waals surface area contributed by atoms with Gasteiger partial charge in [0, 0.05) is 13.1 Å². The number of benzene rings is 1. The summed E-state index contributed by atoms with van der Waals surface area (Å²) in [6.07, 6.45) is 1.64. The van der Waals surface area contributed by atoms with E-state index in [2.05, 4.69) is 15.5 Å². The minimum Gasteiger partial charge on any atom is -0.360 e. The summed E-state index contributed by atoms with van der Waals surface area (Å²) in [4.78, 5) is 24.7. The fourth-order valence-corrected chi connectivity index (χ4v) is 2.67. The van der Waals surface area contributed by atoms with Gasteiger partial charge in [-0.1, -0.05) is 0 Å². The van der Waals surface area contributed by atoms with Crippen LogP contribution in [-0.2, 0) is 17.9 Å². The molecule has 0 aliphatic carbocycles. The Labute approximate surface area is 118 Å². The molecule has 8 heteroatoms. The molecular formula is C13H10FN5O2. The maximum atomic E-state index is 14.3. The average Bonchev–Trinajstić information content (AvgIpc) is 3.04. The molecule has 3 heterocycles. The van der Waals surface area contributed by atoms with Gasteiger partial charge in [0.15, 0.2) is 5.82 Å². The van der Waals surface area contributed by atoms with Gasteiger partial charge in [0.1, 0.15) is 12.1 Å². The Kier molecular flexibility index (Phi) is 2.35. The predicted molar refractivity (Wildman–Crippen MR) is 70.4 cm³/mol. The van der Waals surface area contributed by atoms with Crippen molar-refractivity contribution in [3.05, 3.63) is 35.7 Å². The van der Waals surface area contributed by atoms with Gasteiger partial charge in [-0.25, -0.2) is 4.39 Å². The first-order chi connectivity index (χ1) is 10.1. The zero-order chi connectivity index (χ0) is 14.6. The maximum absolute atomic E-state index is 14.3. The van der Waals surface area contributed by atoms with Crippen LogP contribution < -0.4 is 10.2 Å². The number of Topliss-reactive ketones (excluding diaryl/α,β-unsaturated/α-hetero) is 1. The third-order valence-electron chi connectivity index (χ3n) is 3.77. The topological polar surface area (TPSA) is 80.1 Å². The van der Waals surface area contributed by atoms with Crippen molar-refractivity contribution >= 4 is 23.1 Å². The van der Waals surface area contributed by atoms with Gasteiger partial charge in [-0.2, -0.15) is 0 Å². The van der Waals surface area contributed by atoms with E-state index in [0.29, 0.717) is 31.0 Å². The molecule has 0 saturated heterocycles. The van der Waals surface area contributed by atoms with Crippen molar-refractivity contribution in [2.24, 2.45) is 0 Å². The number of halogens is 1. The first kappa shape index (κ1) is 12.0. The number of aromatic nitrogens is 3. The second kappa shape index (κ2) is 4.11. The molecule has 106 valence electrons. The second-order valence-electron chi connectivity index (χ2n) is 4.99. The summed E-state index contributed by atoms with van der Waals surface area (Å²) < 4.78 is 16.2. The number of anilines is 2. The van der Waals surface area contributed by atoms with Gasteiger partial charge in [-0.3, -0.25) is 9.59 Å². The summed E-state index contributed by atoms with van der Waals surface area (Å²) in [5.74, 6) is -1.19. The number of carbonyl (C=O) groups is 2. The molecule has 2 aliphatic heterocycles. The minimum atomic E-state index is -0.722. The summed E-state index contributed by atoms with van der Waals surface area (Å²) >= 11 is 0. The third kappa shape index (κ3) is 1.72. The number of nitrogens with zero attached hydrogens (tertiary/aromatic N) is 4. The molecule has 0 radical (unpaired) electrons. The number of ketones is 1. The summed E-state index contributed by atoms with van der Waals surface area (Å²) in [6, 6.07) is 2.61. The lowest BCUT2D eigenvalue weighted by Crippen LogP contribution is -2.34. The molecule has 1 N–H and O–H groups in total. The number of amides is 1. The molecule has 7 nitrogen and oxygen atoms in total. The van der Waals surface area contributed by atoms with Crippen molar-refractivity contribution in [3.63, 3.8) is 0 Å². The monoisotopic (exact) mass is 287 g/mol. The normalized spacial score (nSPS) is 16.7. The van der Waals surface area contributed by atoms with Crippen molar-refractivity contribution in [2.75, 3.05) is 16.8 Å². The Balaban J connectivity index is 1.73. The van der Waals surface area contributed by atoms with Crippen LogP contribution in [-0.4, -0.2) is 33.0 Å². The minimum absolute atomic E-state index is 0.0847. The molecule has 0 unspecified atom stereocenters. The zero-order valence-electron chi connectivity index (χ0n) is 10.8. The Morgan fingerprint density at radius 2 is 2.10 bits per heavy atom. The summed E-state index contributed by atoms with van der Waals surface area (Å²) in [5, 5.41) is 10.3. The van der Waals surface area contributed by atoms with Crippen molar-refractivity contribution in [2.45, 2.75) is 13.1 Å². The highest BCUT2D eigenvalue weighted by Gasteiger charge is 2.31. The Morgan fingerprint density at radius 3 is 2.95 bits per heavy atom. The smallest absolute Gasteiger partial charge is 0.296 e. The van der Waals surface area contributed by atoms with Crippen LogP contribution in [0.15, 0.2) is 18.5 Å². The molecule has 0 saturated carbocycles.